The summed E-state index contributed by atoms with van der Waals surface area (Å²) in [6.07, 6.45) is 8.41. The Morgan fingerprint density at radius 3 is 2.44 bits per heavy atom. The lowest BCUT2D eigenvalue weighted by molar-refractivity contribution is -0.175. The minimum Gasteiger partial charge on any atom is -0.438 e. The number of rotatable bonds is 7. The molecule has 7 heteroatoms. The second kappa shape index (κ2) is 9.85. The molecule has 154 valence electrons. The van der Waals surface area contributed by atoms with Crippen LogP contribution < -0.4 is 10.6 Å². The molecule has 3 fully saturated rings. The van der Waals surface area contributed by atoms with E-state index in [4.69, 9.17) is 4.74 Å². The van der Waals surface area contributed by atoms with Crippen LogP contribution in [0, 0.1) is 0 Å². The van der Waals surface area contributed by atoms with Crippen molar-refractivity contribution in [2.24, 2.45) is 0 Å². The summed E-state index contributed by atoms with van der Waals surface area (Å²) in [5.74, 6) is -0.177. The quantitative estimate of drug-likeness (QED) is 0.391. The van der Waals surface area contributed by atoms with Crippen molar-refractivity contribution in [1.82, 2.24) is 20.4 Å². The van der Waals surface area contributed by atoms with E-state index in [0.717, 1.165) is 77.8 Å². The van der Waals surface area contributed by atoms with E-state index in [1.54, 1.807) is 0 Å². The fourth-order valence-electron chi connectivity index (χ4n) is 4.93. The number of nitrogens with zero attached hydrogens (tertiary/aromatic N) is 2. The van der Waals surface area contributed by atoms with E-state index in [9.17, 15) is 9.59 Å². The van der Waals surface area contributed by atoms with E-state index in [0.29, 0.717) is 12.5 Å². The first-order valence-electron chi connectivity index (χ1n) is 10.8. The highest BCUT2D eigenvalue weighted by molar-refractivity contribution is 5.76. The summed E-state index contributed by atoms with van der Waals surface area (Å²) in [4.78, 5) is 28.9. The number of carbonyl (C=O) groups is 2. The first kappa shape index (κ1) is 20.6. The maximum atomic E-state index is 13.0. The zero-order valence-electron chi connectivity index (χ0n) is 16.8. The molecule has 7 nitrogen and oxygen atoms in total. The number of hydrogen-bond donors (Lipinski definition) is 2. The Morgan fingerprint density at radius 2 is 1.85 bits per heavy atom. The van der Waals surface area contributed by atoms with E-state index in [1.807, 2.05) is 6.92 Å². The molecule has 27 heavy (non-hydrogen) atoms. The number of amides is 1. The molecule has 3 rings (SSSR count). The zero-order valence-corrected chi connectivity index (χ0v) is 16.8. The van der Waals surface area contributed by atoms with Crippen molar-refractivity contribution in [2.45, 2.75) is 76.1 Å². The number of hydrogen-bond acceptors (Lipinski definition) is 6. The lowest BCUT2D eigenvalue weighted by atomic mass is 9.91. The topological polar surface area (TPSA) is 73.9 Å². The third kappa shape index (κ3) is 5.21. The van der Waals surface area contributed by atoms with Crippen LogP contribution in [0.25, 0.3) is 0 Å². The summed E-state index contributed by atoms with van der Waals surface area (Å²) in [7, 11) is 0. The standard InChI is InChI=1S/C20H36N4O3/c1-2-18(19(26)27-20(22-16-25)8-4-3-5-9-20)24-14-12-23(13-15-24)17-6-10-21-11-7-17/h16-18,21H,2-15H2,1H3,(H,22,25). The molecule has 1 aliphatic carbocycles. The van der Waals surface area contributed by atoms with Crippen molar-refractivity contribution >= 4 is 12.4 Å². The van der Waals surface area contributed by atoms with Gasteiger partial charge in [-0.05, 0) is 45.2 Å². The molecular formula is C20H36N4O3. The van der Waals surface area contributed by atoms with Gasteiger partial charge in [0.2, 0.25) is 6.41 Å². The SMILES string of the molecule is CCC(C(=O)OC1(NC=O)CCCCC1)N1CCN(C2CCNCC2)CC1. The minimum absolute atomic E-state index is 0.177. The molecule has 0 aromatic heterocycles. The smallest absolute Gasteiger partial charge is 0.325 e. The van der Waals surface area contributed by atoms with Gasteiger partial charge >= 0.3 is 5.97 Å². The summed E-state index contributed by atoms with van der Waals surface area (Å²) in [6.45, 7) is 8.13. The highest BCUT2D eigenvalue weighted by Crippen LogP contribution is 2.30. The van der Waals surface area contributed by atoms with Gasteiger partial charge in [0.1, 0.15) is 6.04 Å². The van der Waals surface area contributed by atoms with E-state index in [-0.39, 0.29) is 12.0 Å². The van der Waals surface area contributed by atoms with E-state index < -0.39 is 5.72 Å². The molecule has 0 bridgehead atoms. The fraction of sp³-hybridized carbons (Fsp3) is 0.900. The van der Waals surface area contributed by atoms with Crippen molar-refractivity contribution < 1.29 is 14.3 Å². The van der Waals surface area contributed by atoms with E-state index in [1.165, 1.54) is 12.8 Å². The van der Waals surface area contributed by atoms with E-state index >= 15 is 0 Å². The number of nitrogens with one attached hydrogen (secondary N) is 2. The van der Waals surface area contributed by atoms with Crippen molar-refractivity contribution in [3.05, 3.63) is 0 Å². The normalized spacial score (nSPS) is 26.3. The number of piperidine rings is 1. The number of piperazine rings is 1. The van der Waals surface area contributed by atoms with Crippen LogP contribution in [0.4, 0.5) is 0 Å². The second-order valence-electron chi connectivity index (χ2n) is 8.22. The summed E-state index contributed by atoms with van der Waals surface area (Å²) < 4.78 is 5.92. The Kier molecular flexibility index (Phi) is 7.49. The molecule has 1 atom stereocenters. The predicted molar refractivity (Wildman–Crippen MR) is 104 cm³/mol. The Morgan fingerprint density at radius 1 is 1.19 bits per heavy atom. The van der Waals surface area contributed by atoms with Gasteiger partial charge in [-0.25, -0.2) is 0 Å². The van der Waals surface area contributed by atoms with Crippen LogP contribution in [0.3, 0.4) is 0 Å². The number of esters is 1. The predicted octanol–water partition coefficient (Wildman–Crippen LogP) is 1.08. The average Bonchev–Trinajstić information content (AvgIpc) is 2.70. The molecule has 0 radical (unpaired) electrons. The van der Waals surface area contributed by atoms with Crippen LogP contribution in [0.5, 0.6) is 0 Å². The lowest BCUT2D eigenvalue weighted by Gasteiger charge is -2.43. The van der Waals surface area contributed by atoms with Gasteiger partial charge in [-0.2, -0.15) is 0 Å². The van der Waals surface area contributed by atoms with Crippen LogP contribution in [0.1, 0.15) is 58.3 Å². The van der Waals surface area contributed by atoms with Crippen LogP contribution in [-0.4, -0.2) is 79.3 Å². The molecule has 3 aliphatic rings. The molecule has 1 saturated carbocycles. The lowest BCUT2D eigenvalue weighted by Crippen LogP contribution is -2.58. The maximum absolute atomic E-state index is 13.0. The molecule has 1 amide bonds. The summed E-state index contributed by atoms with van der Waals surface area (Å²) >= 11 is 0. The molecule has 0 aromatic carbocycles. The van der Waals surface area contributed by atoms with Gasteiger partial charge in [0.15, 0.2) is 5.72 Å². The molecule has 2 heterocycles. The van der Waals surface area contributed by atoms with Gasteiger partial charge in [0.05, 0.1) is 0 Å². The highest BCUT2D eigenvalue weighted by Gasteiger charge is 2.39. The zero-order chi connectivity index (χ0) is 19.1. The van der Waals surface area contributed by atoms with Gasteiger partial charge in [-0.15, -0.1) is 0 Å². The van der Waals surface area contributed by atoms with Crippen LogP contribution in [-0.2, 0) is 14.3 Å². The molecular weight excluding hydrogens is 344 g/mol. The Hall–Kier alpha value is -1.18. The third-order valence-corrected chi connectivity index (χ3v) is 6.55. The number of ether oxygens (including phenoxy) is 1. The van der Waals surface area contributed by atoms with Crippen molar-refractivity contribution in [3.63, 3.8) is 0 Å². The fourth-order valence-corrected chi connectivity index (χ4v) is 4.93. The van der Waals surface area contributed by atoms with Crippen molar-refractivity contribution in [2.75, 3.05) is 39.3 Å². The van der Waals surface area contributed by atoms with Gasteiger partial charge in [0, 0.05) is 45.1 Å². The molecule has 2 N–H and O–H groups in total. The largest absolute Gasteiger partial charge is 0.438 e. The van der Waals surface area contributed by atoms with Crippen LogP contribution in [0.15, 0.2) is 0 Å². The third-order valence-electron chi connectivity index (χ3n) is 6.55. The Labute approximate surface area is 163 Å². The Bertz CT molecular complexity index is 482. The van der Waals surface area contributed by atoms with Crippen LogP contribution in [0.2, 0.25) is 0 Å². The molecule has 2 aliphatic heterocycles. The first-order valence-corrected chi connectivity index (χ1v) is 10.8. The summed E-state index contributed by atoms with van der Waals surface area (Å²) in [5, 5.41) is 6.23. The summed E-state index contributed by atoms with van der Waals surface area (Å²) in [5.41, 5.74) is -0.790. The first-order chi connectivity index (χ1) is 13.2. The average molecular weight is 381 g/mol. The number of carbonyl (C=O) groups excluding carboxylic acids is 2. The second-order valence-corrected chi connectivity index (χ2v) is 8.22. The van der Waals surface area contributed by atoms with Gasteiger partial charge < -0.3 is 15.4 Å². The molecule has 1 unspecified atom stereocenters. The van der Waals surface area contributed by atoms with Crippen molar-refractivity contribution in [1.29, 1.82) is 0 Å². The molecule has 0 aromatic rings. The monoisotopic (exact) mass is 380 g/mol. The maximum Gasteiger partial charge on any atom is 0.325 e. The van der Waals surface area contributed by atoms with Crippen molar-refractivity contribution in [3.8, 4) is 0 Å². The Balaban J connectivity index is 1.54. The summed E-state index contributed by atoms with van der Waals surface area (Å²) in [6, 6.07) is 0.468. The van der Waals surface area contributed by atoms with Crippen LogP contribution >= 0.6 is 0 Å². The van der Waals surface area contributed by atoms with Gasteiger partial charge in [-0.1, -0.05) is 13.3 Å². The molecule has 0 spiro atoms. The van der Waals surface area contributed by atoms with Gasteiger partial charge in [-0.3, -0.25) is 19.4 Å². The molecule has 2 saturated heterocycles. The highest BCUT2D eigenvalue weighted by atomic mass is 16.6. The van der Waals surface area contributed by atoms with E-state index in [2.05, 4.69) is 20.4 Å². The van der Waals surface area contributed by atoms with Gasteiger partial charge in [0.25, 0.3) is 0 Å². The minimum atomic E-state index is -0.790.